The second-order valence-electron chi connectivity index (χ2n) is 8.61. The van der Waals surface area contributed by atoms with Crippen molar-refractivity contribution in [1.82, 2.24) is 25.2 Å². The number of aromatic nitrogens is 4. The molecule has 0 aliphatic carbocycles. The van der Waals surface area contributed by atoms with Crippen molar-refractivity contribution in [3.8, 4) is 0 Å². The molecule has 36 heavy (non-hydrogen) atoms. The number of anilines is 3. The van der Waals surface area contributed by atoms with E-state index in [4.69, 9.17) is 11.6 Å². The molecule has 2 saturated heterocycles. The standard InChI is InChI=1S/C22H24ClF3N8O2/c1-14-2-3-15(23)12-16(14)31-8-10-33(11-9-31)18-17-19(29-13-28-18)34(36-21(35)22(24,25)26)30-20(17)32-6-4-27-5-7-32/h2-3,12-13,27H,4-11H2,1H3. The molecular formula is C22H24ClF3N8O2. The number of alkyl halides is 3. The third-order valence-electron chi connectivity index (χ3n) is 6.31. The quantitative estimate of drug-likeness (QED) is 0.550. The third-order valence-corrected chi connectivity index (χ3v) is 6.54. The topological polar surface area (TPSA) is 91.7 Å². The zero-order valence-electron chi connectivity index (χ0n) is 19.4. The van der Waals surface area contributed by atoms with E-state index >= 15 is 0 Å². The van der Waals surface area contributed by atoms with Crippen LogP contribution in [0.15, 0.2) is 24.5 Å². The summed E-state index contributed by atoms with van der Waals surface area (Å²) in [5.41, 5.74) is 2.17. The van der Waals surface area contributed by atoms with Crippen LogP contribution >= 0.6 is 11.6 Å². The Morgan fingerprint density at radius 1 is 1.00 bits per heavy atom. The number of fused-ring (bicyclic) bond motifs is 1. The van der Waals surface area contributed by atoms with Gasteiger partial charge in [0.15, 0.2) is 5.82 Å². The number of aryl methyl sites for hydroxylation is 1. The zero-order valence-corrected chi connectivity index (χ0v) is 20.2. The predicted molar refractivity (Wildman–Crippen MR) is 129 cm³/mol. The van der Waals surface area contributed by atoms with Crippen LogP contribution in [0.3, 0.4) is 0 Å². The van der Waals surface area contributed by atoms with Gasteiger partial charge in [-0.1, -0.05) is 22.5 Å². The number of benzene rings is 1. The normalized spacial score (nSPS) is 17.1. The molecule has 0 saturated carbocycles. The van der Waals surface area contributed by atoms with Crippen molar-refractivity contribution in [2.24, 2.45) is 0 Å². The number of halogens is 4. The van der Waals surface area contributed by atoms with Crippen molar-refractivity contribution in [2.75, 3.05) is 67.1 Å². The fraction of sp³-hybridized carbons (Fsp3) is 0.455. The lowest BCUT2D eigenvalue weighted by Crippen LogP contribution is -2.47. The Hall–Kier alpha value is -3.32. The molecule has 0 unspecified atom stereocenters. The van der Waals surface area contributed by atoms with Crippen LogP contribution in [0, 0.1) is 6.92 Å². The number of piperazine rings is 2. The first kappa shape index (κ1) is 24.4. The van der Waals surface area contributed by atoms with Gasteiger partial charge in [-0.15, -0.1) is 5.10 Å². The average Bonchev–Trinajstić information content (AvgIpc) is 3.24. The van der Waals surface area contributed by atoms with Crippen molar-refractivity contribution >= 4 is 45.9 Å². The van der Waals surface area contributed by atoms with Crippen molar-refractivity contribution in [2.45, 2.75) is 13.1 Å². The first-order valence-electron chi connectivity index (χ1n) is 11.5. The van der Waals surface area contributed by atoms with Gasteiger partial charge in [0.1, 0.15) is 17.5 Å². The molecule has 10 nitrogen and oxygen atoms in total. The van der Waals surface area contributed by atoms with Crippen LogP contribution in [0.1, 0.15) is 5.56 Å². The van der Waals surface area contributed by atoms with E-state index in [1.165, 1.54) is 6.33 Å². The van der Waals surface area contributed by atoms with E-state index in [1.54, 1.807) is 0 Å². The molecule has 4 heterocycles. The molecule has 2 fully saturated rings. The van der Waals surface area contributed by atoms with Crippen LogP contribution in [-0.4, -0.2) is 84.4 Å². The molecule has 0 spiro atoms. The maximum atomic E-state index is 12.9. The van der Waals surface area contributed by atoms with E-state index in [-0.39, 0.29) is 5.65 Å². The largest absolute Gasteiger partial charge is 0.493 e. The predicted octanol–water partition coefficient (Wildman–Crippen LogP) is 2.04. The SMILES string of the molecule is Cc1ccc(Cl)cc1N1CCN(c2ncnc3c2c(N2CCNCC2)nn3OC(=O)C(F)(F)F)CC1. The monoisotopic (exact) mass is 524 g/mol. The highest BCUT2D eigenvalue weighted by Gasteiger charge is 2.43. The Kier molecular flexibility index (Phi) is 6.51. The summed E-state index contributed by atoms with van der Waals surface area (Å²) in [6.45, 7) is 7.13. The molecule has 5 rings (SSSR count). The lowest BCUT2D eigenvalue weighted by Gasteiger charge is -2.37. The second kappa shape index (κ2) is 9.62. The molecule has 3 aromatic rings. The van der Waals surface area contributed by atoms with Crippen LogP contribution in [0.5, 0.6) is 0 Å². The summed E-state index contributed by atoms with van der Waals surface area (Å²) in [6, 6.07) is 5.78. The van der Waals surface area contributed by atoms with Crippen LogP contribution < -0.4 is 24.9 Å². The van der Waals surface area contributed by atoms with Crippen LogP contribution in [0.2, 0.25) is 5.02 Å². The number of hydrogen-bond donors (Lipinski definition) is 1. The maximum absolute atomic E-state index is 12.9. The molecule has 0 atom stereocenters. The minimum Gasteiger partial charge on any atom is -0.368 e. The van der Waals surface area contributed by atoms with Crippen molar-refractivity contribution < 1.29 is 22.8 Å². The number of nitrogens with zero attached hydrogens (tertiary/aromatic N) is 7. The number of carbonyl (C=O) groups is 1. The summed E-state index contributed by atoms with van der Waals surface area (Å²) in [4.78, 5) is 31.5. The summed E-state index contributed by atoms with van der Waals surface area (Å²) in [5, 5.41) is 8.56. The van der Waals surface area contributed by atoms with E-state index in [0.29, 0.717) is 79.2 Å². The molecule has 1 aromatic carbocycles. The van der Waals surface area contributed by atoms with Gasteiger partial charge in [-0.2, -0.15) is 13.2 Å². The molecule has 0 amide bonds. The van der Waals surface area contributed by atoms with Crippen molar-refractivity contribution in [3.05, 3.63) is 35.1 Å². The minimum absolute atomic E-state index is 0.000696. The summed E-state index contributed by atoms with van der Waals surface area (Å²) in [6.07, 6.45) is -3.93. The Morgan fingerprint density at radius 3 is 2.36 bits per heavy atom. The molecule has 2 aliphatic heterocycles. The third kappa shape index (κ3) is 4.72. The molecule has 0 radical (unpaired) electrons. The van der Waals surface area contributed by atoms with E-state index in [9.17, 15) is 18.0 Å². The lowest BCUT2D eigenvalue weighted by molar-refractivity contribution is -0.200. The minimum atomic E-state index is -5.17. The van der Waals surface area contributed by atoms with E-state index in [1.807, 2.05) is 34.9 Å². The fourth-order valence-electron chi connectivity index (χ4n) is 4.51. The molecule has 2 aromatic heterocycles. The van der Waals surface area contributed by atoms with Gasteiger partial charge < -0.3 is 24.9 Å². The van der Waals surface area contributed by atoms with Gasteiger partial charge in [0, 0.05) is 63.1 Å². The van der Waals surface area contributed by atoms with E-state index in [2.05, 4.69) is 30.1 Å². The van der Waals surface area contributed by atoms with Gasteiger partial charge in [-0.05, 0) is 24.6 Å². The number of rotatable bonds is 4. The van der Waals surface area contributed by atoms with Crippen molar-refractivity contribution in [3.63, 3.8) is 0 Å². The lowest BCUT2D eigenvalue weighted by atomic mass is 10.1. The molecule has 1 N–H and O–H groups in total. The van der Waals surface area contributed by atoms with Gasteiger partial charge >= 0.3 is 12.1 Å². The molecule has 2 aliphatic rings. The Bertz CT molecular complexity index is 1270. The van der Waals surface area contributed by atoms with Gasteiger partial charge in [0.25, 0.3) is 0 Å². The van der Waals surface area contributed by atoms with Gasteiger partial charge in [0.05, 0.1) is 0 Å². The van der Waals surface area contributed by atoms with E-state index < -0.39 is 12.1 Å². The first-order valence-corrected chi connectivity index (χ1v) is 11.8. The highest BCUT2D eigenvalue weighted by molar-refractivity contribution is 6.30. The maximum Gasteiger partial charge on any atom is 0.493 e. The highest BCUT2D eigenvalue weighted by Crippen LogP contribution is 2.34. The number of carbonyl (C=O) groups excluding carboxylic acids is 1. The van der Waals surface area contributed by atoms with Gasteiger partial charge in [-0.3, -0.25) is 0 Å². The Balaban J connectivity index is 1.48. The van der Waals surface area contributed by atoms with Crippen molar-refractivity contribution in [1.29, 1.82) is 0 Å². The van der Waals surface area contributed by atoms with Gasteiger partial charge in [-0.25, -0.2) is 14.8 Å². The van der Waals surface area contributed by atoms with Crippen LogP contribution in [0.4, 0.5) is 30.5 Å². The summed E-state index contributed by atoms with van der Waals surface area (Å²) in [7, 11) is 0. The Morgan fingerprint density at radius 2 is 1.67 bits per heavy atom. The first-order chi connectivity index (χ1) is 17.2. The Labute approximate surface area is 209 Å². The molecule has 192 valence electrons. The molecule has 14 heteroatoms. The molecular weight excluding hydrogens is 501 g/mol. The van der Waals surface area contributed by atoms with Crippen LogP contribution in [0.25, 0.3) is 11.0 Å². The highest BCUT2D eigenvalue weighted by atomic mass is 35.5. The summed E-state index contributed by atoms with van der Waals surface area (Å²) in [5.74, 6) is -1.46. The van der Waals surface area contributed by atoms with Gasteiger partial charge in [0.2, 0.25) is 5.65 Å². The second-order valence-corrected chi connectivity index (χ2v) is 9.05. The number of hydrogen-bond acceptors (Lipinski definition) is 9. The fourth-order valence-corrected chi connectivity index (χ4v) is 4.68. The van der Waals surface area contributed by atoms with E-state index in [0.717, 1.165) is 11.3 Å². The summed E-state index contributed by atoms with van der Waals surface area (Å²) < 4.78 is 38.7. The molecule has 0 bridgehead atoms. The average molecular weight is 525 g/mol. The smallest absolute Gasteiger partial charge is 0.368 e. The summed E-state index contributed by atoms with van der Waals surface area (Å²) >= 11 is 6.21. The van der Waals surface area contributed by atoms with Crippen LogP contribution in [-0.2, 0) is 4.79 Å². The number of nitrogens with one attached hydrogen (secondary N) is 1. The zero-order chi connectivity index (χ0) is 25.4.